The summed E-state index contributed by atoms with van der Waals surface area (Å²) in [4.78, 5) is 10.7. The molecule has 0 amide bonds. The summed E-state index contributed by atoms with van der Waals surface area (Å²) in [7, 11) is -3.77. The zero-order chi connectivity index (χ0) is 15.8. The van der Waals surface area contributed by atoms with Crippen molar-refractivity contribution in [2.75, 3.05) is 13.1 Å². The molecule has 1 aliphatic heterocycles. The van der Waals surface area contributed by atoms with Gasteiger partial charge in [-0.15, -0.1) is 0 Å². The molecular weight excluding hydrogens is 294 g/mol. The molecule has 2 rings (SSSR count). The Morgan fingerprint density at radius 1 is 1.33 bits per heavy atom. The van der Waals surface area contributed by atoms with E-state index in [2.05, 4.69) is 10.0 Å². The number of hydrogen-bond donors (Lipinski definition) is 2. The number of sulfonamides is 1. The average Bonchev–Trinajstić information content (AvgIpc) is 2.78. The van der Waals surface area contributed by atoms with Gasteiger partial charge < -0.3 is 5.32 Å². The molecular formula is C13H19N3O4S. The summed E-state index contributed by atoms with van der Waals surface area (Å²) in [5, 5.41) is 14.2. The van der Waals surface area contributed by atoms with E-state index in [1.165, 1.54) is 6.92 Å². The first-order valence-corrected chi connectivity index (χ1v) is 8.20. The molecule has 1 aromatic rings. The molecule has 0 spiro atoms. The van der Waals surface area contributed by atoms with Gasteiger partial charge in [-0.25, -0.2) is 13.1 Å². The molecule has 1 saturated heterocycles. The van der Waals surface area contributed by atoms with Crippen molar-refractivity contribution in [3.8, 4) is 0 Å². The number of nitro groups is 1. The van der Waals surface area contributed by atoms with Crippen molar-refractivity contribution < 1.29 is 13.3 Å². The van der Waals surface area contributed by atoms with Crippen LogP contribution in [-0.2, 0) is 10.0 Å². The lowest BCUT2D eigenvalue weighted by Gasteiger charge is -2.16. The van der Waals surface area contributed by atoms with Crippen LogP contribution in [0.5, 0.6) is 0 Å². The summed E-state index contributed by atoms with van der Waals surface area (Å²) in [5.41, 5.74) is 1.05. The third kappa shape index (κ3) is 3.07. The summed E-state index contributed by atoms with van der Waals surface area (Å²) in [6.07, 6.45) is 0.714. The highest BCUT2D eigenvalue weighted by Crippen LogP contribution is 2.31. The second kappa shape index (κ2) is 5.70. The van der Waals surface area contributed by atoms with Gasteiger partial charge in [0.15, 0.2) is 0 Å². The van der Waals surface area contributed by atoms with E-state index in [1.54, 1.807) is 19.9 Å². The first kappa shape index (κ1) is 15.9. The van der Waals surface area contributed by atoms with Crippen molar-refractivity contribution in [1.82, 2.24) is 10.0 Å². The molecule has 21 heavy (non-hydrogen) atoms. The fourth-order valence-corrected chi connectivity index (χ4v) is 4.63. The van der Waals surface area contributed by atoms with Crippen molar-refractivity contribution in [3.05, 3.63) is 32.9 Å². The Balaban J connectivity index is 2.52. The third-order valence-corrected chi connectivity index (χ3v) is 5.50. The van der Waals surface area contributed by atoms with Gasteiger partial charge in [0.1, 0.15) is 0 Å². The van der Waals surface area contributed by atoms with Crippen LogP contribution in [0.2, 0.25) is 0 Å². The van der Waals surface area contributed by atoms with Crippen LogP contribution >= 0.6 is 0 Å². The van der Waals surface area contributed by atoms with E-state index in [4.69, 9.17) is 0 Å². The van der Waals surface area contributed by atoms with Gasteiger partial charge in [0.25, 0.3) is 5.69 Å². The molecule has 8 heteroatoms. The molecule has 0 saturated carbocycles. The van der Waals surface area contributed by atoms with Gasteiger partial charge in [0.05, 0.1) is 9.82 Å². The Morgan fingerprint density at radius 2 is 2.00 bits per heavy atom. The zero-order valence-corrected chi connectivity index (χ0v) is 13.1. The molecule has 1 fully saturated rings. The van der Waals surface area contributed by atoms with Crippen LogP contribution in [0.3, 0.4) is 0 Å². The largest absolute Gasteiger partial charge is 0.315 e. The van der Waals surface area contributed by atoms with E-state index in [9.17, 15) is 18.5 Å². The van der Waals surface area contributed by atoms with E-state index in [0.717, 1.165) is 6.54 Å². The normalized spacial score (nSPS) is 18.9. The maximum atomic E-state index is 12.6. The lowest BCUT2D eigenvalue weighted by atomic mass is 10.1. The molecule has 1 unspecified atom stereocenters. The highest BCUT2D eigenvalue weighted by molar-refractivity contribution is 7.89. The maximum absolute atomic E-state index is 12.6. The van der Waals surface area contributed by atoms with Crippen LogP contribution in [0, 0.1) is 30.9 Å². The molecule has 1 heterocycles. The molecule has 1 aliphatic rings. The molecule has 0 bridgehead atoms. The Morgan fingerprint density at radius 3 is 2.52 bits per heavy atom. The Bertz CT molecular complexity index is 679. The van der Waals surface area contributed by atoms with E-state index < -0.39 is 14.9 Å². The molecule has 0 aliphatic carbocycles. The second-order valence-corrected chi connectivity index (χ2v) is 7.03. The quantitative estimate of drug-likeness (QED) is 0.641. The SMILES string of the molecule is Cc1cc(C)c(S(=O)(=O)NC2CCNC2)c(C)c1[N+](=O)[O-]. The van der Waals surface area contributed by atoms with E-state index in [-0.39, 0.29) is 22.2 Å². The van der Waals surface area contributed by atoms with E-state index in [0.29, 0.717) is 24.1 Å². The van der Waals surface area contributed by atoms with Crippen LogP contribution in [0.25, 0.3) is 0 Å². The second-order valence-electron chi connectivity index (χ2n) is 5.38. The van der Waals surface area contributed by atoms with Crippen molar-refractivity contribution in [3.63, 3.8) is 0 Å². The van der Waals surface area contributed by atoms with Gasteiger partial charge in [-0.1, -0.05) is 0 Å². The Labute approximate surface area is 123 Å². The molecule has 0 aromatic heterocycles. The minimum atomic E-state index is -3.77. The summed E-state index contributed by atoms with van der Waals surface area (Å²) < 4.78 is 27.7. The monoisotopic (exact) mass is 313 g/mol. The summed E-state index contributed by atoms with van der Waals surface area (Å²) in [6, 6.07) is 1.38. The van der Waals surface area contributed by atoms with E-state index in [1.807, 2.05) is 0 Å². The molecule has 116 valence electrons. The smallest absolute Gasteiger partial charge is 0.276 e. The average molecular weight is 313 g/mol. The highest BCUT2D eigenvalue weighted by atomic mass is 32.2. The van der Waals surface area contributed by atoms with Crippen molar-refractivity contribution in [2.45, 2.75) is 38.1 Å². The number of aryl methyl sites for hydroxylation is 2. The van der Waals surface area contributed by atoms with E-state index >= 15 is 0 Å². The zero-order valence-electron chi connectivity index (χ0n) is 12.3. The number of nitro benzene ring substituents is 1. The molecule has 1 atom stereocenters. The van der Waals surface area contributed by atoms with Crippen LogP contribution in [0.1, 0.15) is 23.1 Å². The predicted molar refractivity (Wildman–Crippen MR) is 78.9 cm³/mol. The lowest BCUT2D eigenvalue weighted by Crippen LogP contribution is -2.37. The summed E-state index contributed by atoms with van der Waals surface area (Å²) in [6.45, 7) is 6.10. The fraction of sp³-hybridized carbons (Fsp3) is 0.538. The number of benzene rings is 1. The van der Waals surface area contributed by atoms with Crippen LogP contribution in [-0.4, -0.2) is 32.5 Å². The maximum Gasteiger partial charge on any atom is 0.276 e. The highest BCUT2D eigenvalue weighted by Gasteiger charge is 2.30. The lowest BCUT2D eigenvalue weighted by molar-refractivity contribution is -0.386. The standard InChI is InChI=1S/C13H19N3O4S/c1-8-6-9(2)13(10(3)12(8)16(17)18)21(19,20)15-11-4-5-14-7-11/h6,11,14-15H,4-5,7H2,1-3H3. The number of nitrogens with zero attached hydrogens (tertiary/aromatic N) is 1. The van der Waals surface area contributed by atoms with Crippen molar-refractivity contribution in [1.29, 1.82) is 0 Å². The van der Waals surface area contributed by atoms with Gasteiger partial charge in [0.2, 0.25) is 10.0 Å². The fourth-order valence-electron chi connectivity index (χ4n) is 2.89. The third-order valence-electron chi connectivity index (χ3n) is 3.69. The predicted octanol–water partition coefficient (Wildman–Crippen LogP) is 1.16. The molecule has 0 radical (unpaired) electrons. The van der Waals surface area contributed by atoms with Crippen molar-refractivity contribution in [2.24, 2.45) is 0 Å². The first-order chi connectivity index (χ1) is 9.74. The molecule has 7 nitrogen and oxygen atoms in total. The van der Waals surface area contributed by atoms with Gasteiger partial charge in [-0.2, -0.15) is 0 Å². The minimum Gasteiger partial charge on any atom is -0.315 e. The topological polar surface area (TPSA) is 101 Å². The summed E-state index contributed by atoms with van der Waals surface area (Å²) >= 11 is 0. The first-order valence-electron chi connectivity index (χ1n) is 6.72. The van der Waals surface area contributed by atoms with Gasteiger partial charge in [-0.05, 0) is 45.4 Å². The molecule has 2 N–H and O–H groups in total. The Hall–Kier alpha value is -1.51. The van der Waals surface area contributed by atoms with Crippen LogP contribution in [0.4, 0.5) is 5.69 Å². The Kier molecular flexibility index (Phi) is 4.31. The van der Waals surface area contributed by atoms with Gasteiger partial charge in [0, 0.05) is 23.7 Å². The van der Waals surface area contributed by atoms with Crippen LogP contribution < -0.4 is 10.0 Å². The number of hydrogen-bond acceptors (Lipinski definition) is 5. The van der Waals surface area contributed by atoms with Crippen LogP contribution in [0.15, 0.2) is 11.0 Å². The molecule has 1 aromatic carbocycles. The number of nitrogens with one attached hydrogen (secondary N) is 2. The van der Waals surface area contributed by atoms with Crippen molar-refractivity contribution >= 4 is 15.7 Å². The van der Waals surface area contributed by atoms with Gasteiger partial charge in [-0.3, -0.25) is 10.1 Å². The van der Waals surface area contributed by atoms with Gasteiger partial charge >= 0.3 is 0 Å². The minimum absolute atomic E-state index is 0.0201. The number of rotatable bonds is 4. The summed E-state index contributed by atoms with van der Waals surface area (Å²) in [5.74, 6) is 0.